The standard InChI is InChI=1S/C16H28N4S/c1-19-15(17-13-9-5-3-6-10-13)20(2)21-16(19)18-14-11-7-4-8-12-14/h13-14H,3-12H2,1-2H3. The van der Waals surface area contributed by atoms with Crippen LogP contribution in [0.25, 0.3) is 0 Å². The number of hydrogen-bond acceptors (Lipinski definition) is 3. The number of nitrogens with zero attached hydrogens (tertiary/aromatic N) is 4. The summed E-state index contributed by atoms with van der Waals surface area (Å²) in [7, 11) is 4.24. The fourth-order valence-corrected chi connectivity index (χ4v) is 4.44. The lowest BCUT2D eigenvalue weighted by molar-refractivity contribution is 0.426. The summed E-state index contributed by atoms with van der Waals surface area (Å²) in [6, 6.07) is 1.06. The van der Waals surface area contributed by atoms with Crippen LogP contribution in [0.5, 0.6) is 0 Å². The first-order chi connectivity index (χ1) is 10.2. The number of hydrogen-bond donors (Lipinski definition) is 0. The minimum atomic E-state index is 0.522. The predicted octanol–water partition coefficient (Wildman–Crippen LogP) is 2.89. The maximum atomic E-state index is 5.01. The Morgan fingerprint density at radius 3 is 1.90 bits per heavy atom. The van der Waals surface area contributed by atoms with Gasteiger partial charge in [0.2, 0.25) is 10.4 Å². The van der Waals surface area contributed by atoms with Gasteiger partial charge in [-0.25, -0.2) is 4.99 Å². The highest BCUT2D eigenvalue weighted by Gasteiger charge is 2.14. The Morgan fingerprint density at radius 1 is 0.810 bits per heavy atom. The lowest BCUT2D eigenvalue weighted by Gasteiger charge is -2.17. The lowest BCUT2D eigenvalue weighted by atomic mass is 9.96. The minimum absolute atomic E-state index is 0.522. The number of rotatable bonds is 2. The van der Waals surface area contributed by atoms with Gasteiger partial charge in [0.05, 0.1) is 12.1 Å². The third kappa shape index (κ3) is 3.68. The van der Waals surface area contributed by atoms with Crippen LogP contribution in [0.2, 0.25) is 0 Å². The van der Waals surface area contributed by atoms with E-state index in [1.165, 1.54) is 64.2 Å². The Balaban J connectivity index is 1.88. The molecule has 1 heterocycles. The molecule has 1 aromatic rings. The average molecular weight is 308 g/mol. The Hall–Kier alpha value is -0.840. The van der Waals surface area contributed by atoms with Gasteiger partial charge in [-0.3, -0.25) is 13.5 Å². The SMILES string of the molecule is Cn1sc(=NC2CCCCC2)n(C)c1=NC1CCCCC1. The highest BCUT2D eigenvalue weighted by atomic mass is 32.1. The second-order valence-corrected chi connectivity index (χ2v) is 7.67. The monoisotopic (exact) mass is 308 g/mol. The number of aryl methyl sites for hydroxylation is 1. The summed E-state index contributed by atoms with van der Waals surface area (Å²) in [5.41, 5.74) is 1.10. The van der Waals surface area contributed by atoms with Crippen molar-refractivity contribution in [2.45, 2.75) is 76.3 Å². The lowest BCUT2D eigenvalue weighted by Crippen LogP contribution is -2.30. The van der Waals surface area contributed by atoms with Crippen molar-refractivity contribution in [2.75, 3.05) is 0 Å². The highest BCUT2D eigenvalue weighted by Crippen LogP contribution is 2.20. The van der Waals surface area contributed by atoms with Gasteiger partial charge in [0, 0.05) is 14.1 Å². The van der Waals surface area contributed by atoms with Crippen molar-refractivity contribution in [2.24, 2.45) is 24.1 Å². The summed E-state index contributed by atoms with van der Waals surface area (Å²) < 4.78 is 4.39. The first kappa shape index (κ1) is 15.1. The fraction of sp³-hybridized carbons (Fsp3) is 0.875. The Labute approximate surface area is 131 Å². The second-order valence-electron chi connectivity index (χ2n) is 6.57. The van der Waals surface area contributed by atoms with Gasteiger partial charge in [0.15, 0.2) is 0 Å². The van der Waals surface area contributed by atoms with E-state index in [1.807, 2.05) is 0 Å². The van der Waals surface area contributed by atoms with Gasteiger partial charge in [-0.05, 0) is 37.2 Å². The zero-order chi connectivity index (χ0) is 14.7. The summed E-state index contributed by atoms with van der Waals surface area (Å²) >= 11 is 1.74. The van der Waals surface area contributed by atoms with Crippen molar-refractivity contribution in [1.29, 1.82) is 0 Å². The van der Waals surface area contributed by atoms with Gasteiger partial charge in [-0.1, -0.05) is 38.5 Å². The summed E-state index contributed by atoms with van der Waals surface area (Å²) in [6.45, 7) is 0. The van der Waals surface area contributed by atoms with Gasteiger partial charge in [-0.15, -0.1) is 0 Å². The van der Waals surface area contributed by atoms with Crippen LogP contribution in [-0.4, -0.2) is 20.6 Å². The van der Waals surface area contributed by atoms with Crippen LogP contribution in [0.1, 0.15) is 64.2 Å². The molecule has 0 aliphatic heterocycles. The van der Waals surface area contributed by atoms with Crippen molar-refractivity contribution in [3.05, 3.63) is 10.4 Å². The Kier molecular flexibility index (Phi) is 4.99. The summed E-state index contributed by atoms with van der Waals surface area (Å²) in [5, 5.41) is 0. The largest absolute Gasteiger partial charge is 0.290 e. The molecule has 0 amide bonds. The zero-order valence-corrected chi connectivity index (χ0v) is 14.2. The third-order valence-electron chi connectivity index (χ3n) is 4.83. The molecule has 5 heteroatoms. The molecule has 0 bridgehead atoms. The molecule has 2 fully saturated rings. The molecule has 21 heavy (non-hydrogen) atoms. The first-order valence-corrected chi connectivity index (χ1v) is 9.32. The van der Waals surface area contributed by atoms with E-state index in [-0.39, 0.29) is 0 Å². The maximum Gasteiger partial charge on any atom is 0.216 e. The van der Waals surface area contributed by atoms with Gasteiger partial charge >= 0.3 is 0 Å². The Morgan fingerprint density at radius 2 is 1.33 bits per heavy atom. The third-order valence-corrected chi connectivity index (χ3v) is 5.81. The molecule has 0 aromatic carbocycles. The van der Waals surface area contributed by atoms with Crippen LogP contribution in [0, 0.1) is 0 Å². The van der Waals surface area contributed by atoms with Crippen molar-refractivity contribution in [3.63, 3.8) is 0 Å². The van der Waals surface area contributed by atoms with E-state index in [1.54, 1.807) is 11.5 Å². The molecule has 1 aromatic heterocycles. The van der Waals surface area contributed by atoms with Crippen molar-refractivity contribution < 1.29 is 0 Å². The highest BCUT2D eigenvalue weighted by molar-refractivity contribution is 7.03. The molecule has 0 N–H and O–H groups in total. The molecule has 118 valence electrons. The zero-order valence-electron chi connectivity index (χ0n) is 13.4. The van der Waals surface area contributed by atoms with Crippen LogP contribution in [0.15, 0.2) is 9.98 Å². The average Bonchev–Trinajstić information content (AvgIpc) is 2.77. The smallest absolute Gasteiger partial charge is 0.216 e. The van der Waals surface area contributed by atoms with Crippen molar-refractivity contribution in [1.82, 2.24) is 8.52 Å². The van der Waals surface area contributed by atoms with E-state index in [0.717, 1.165) is 10.4 Å². The van der Waals surface area contributed by atoms with E-state index in [9.17, 15) is 0 Å². The molecule has 0 atom stereocenters. The van der Waals surface area contributed by atoms with E-state index >= 15 is 0 Å². The first-order valence-electron chi connectivity index (χ1n) is 8.55. The van der Waals surface area contributed by atoms with Crippen LogP contribution < -0.4 is 10.4 Å². The topological polar surface area (TPSA) is 34.6 Å². The molecule has 3 rings (SSSR count). The molecular weight excluding hydrogens is 280 g/mol. The normalized spacial score (nSPS) is 23.9. The molecule has 0 spiro atoms. The summed E-state index contributed by atoms with van der Waals surface area (Å²) in [6.07, 6.45) is 13.2. The van der Waals surface area contributed by atoms with Crippen LogP contribution in [-0.2, 0) is 14.1 Å². The molecule has 2 aliphatic carbocycles. The van der Waals surface area contributed by atoms with Gasteiger partial charge in [0.1, 0.15) is 0 Å². The van der Waals surface area contributed by atoms with E-state index in [2.05, 4.69) is 22.6 Å². The van der Waals surface area contributed by atoms with Gasteiger partial charge < -0.3 is 0 Å². The summed E-state index contributed by atoms with van der Waals surface area (Å²) in [4.78, 5) is 11.1. The molecule has 0 unspecified atom stereocenters. The maximum absolute atomic E-state index is 5.01. The molecule has 4 nitrogen and oxygen atoms in total. The van der Waals surface area contributed by atoms with Crippen LogP contribution in [0.3, 0.4) is 0 Å². The Bertz CT molecular complexity index is 580. The molecule has 2 aliphatic rings. The fourth-order valence-electron chi connectivity index (χ4n) is 3.54. The molecule has 0 saturated heterocycles. The van der Waals surface area contributed by atoms with E-state index < -0.39 is 0 Å². The van der Waals surface area contributed by atoms with Crippen molar-refractivity contribution >= 4 is 11.5 Å². The van der Waals surface area contributed by atoms with Crippen LogP contribution >= 0.6 is 11.5 Å². The predicted molar refractivity (Wildman–Crippen MR) is 87.1 cm³/mol. The number of aromatic nitrogens is 2. The molecule has 2 saturated carbocycles. The van der Waals surface area contributed by atoms with Crippen LogP contribution in [0.4, 0.5) is 0 Å². The van der Waals surface area contributed by atoms with Gasteiger partial charge in [0.25, 0.3) is 0 Å². The molecular formula is C16H28N4S. The van der Waals surface area contributed by atoms with E-state index in [0.29, 0.717) is 12.1 Å². The summed E-state index contributed by atoms with van der Waals surface area (Å²) in [5.74, 6) is 0. The van der Waals surface area contributed by atoms with Crippen molar-refractivity contribution in [3.8, 4) is 0 Å². The minimum Gasteiger partial charge on any atom is -0.290 e. The molecule has 0 radical (unpaired) electrons. The van der Waals surface area contributed by atoms with Gasteiger partial charge in [-0.2, -0.15) is 0 Å². The second kappa shape index (κ2) is 6.95. The van der Waals surface area contributed by atoms with E-state index in [4.69, 9.17) is 9.98 Å². The quantitative estimate of drug-likeness (QED) is 0.805.